The summed E-state index contributed by atoms with van der Waals surface area (Å²) in [5.41, 5.74) is 3.74. The van der Waals surface area contributed by atoms with Crippen LogP contribution in [0.4, 0.5) is 11.5 Å². The lowest BCUT2D eigenvalue weighted by atomic mass is 10.1. The minimum atomic E-state index is 0.403. The highest BCUT2D eigenvalue weighted by atomic mass is 35.5. The Kier molecular flexibility index (Phi) is 4.03. The van der Waals surface area contributed by atoms with Gasteiger partial charge in [-0.25, -0.2) is 4.98 Å². The topological polar surface area (TPSA) is 63.8 Å². The van der Waals surface area contributed by atoms with Crippen LogP contribution in [0.2, 0.25) is 10.0 Å². The van der Waals surface area contributed by atoms with Crippen molar-refractivity contribution in [2.75, 3.05) is 5.32 Å². The molecule has 25 heavy (non-hydrogen) atoms. The molecular formula is C18H12Cl2N4O. The van der Waals surface area contributed by atoms with Gasteiger partial charge in [-0.2, -0.15) is 4.98 Å². The van der Waals surface area contributed by atoms with Crippen molar-refractivity contribution in [2.45, 2.75) is 6.92 Å². The molecule has 124 valence electrons. The van der Waals surface area contributed by atoms with Crippen molar-refractivity contribution in [3.05, 3.63) is 64.4 Å². The first-order valence-electron chi connectivity index (χ1n) is 7.51. The van der Waals surface area contributed by atoms with E-state index in [1.54, 1.807) is 12.1 Å². The first-order chi connectivity index (χ1) is 12.1. The Balaban J connectivity index is 1.82. The van der Waals surface area contributed by atoms with E-state index in [1.807, 2.05) is 37.3 Å². The molecule has 2 aromatic heterocycles. The van der Waals surface area contributed by atoms with Crippen molar-refractivity contribution >= 4 is 45.8 Å². The molecule has 0 aliphatic carbocycles. The van der Waals surface area contributed by atoms with Crippen LogP contribution >= 0.6 is 23.2 Å². The van der Waals surface area contributed by atoms with Crippen molar-refractivity contribution in [1.82, 2.24) is 15.1 Å². The Morgan fingerprint density at radius 2 is 1.80 bits per heavy atom. The number of fused-ring (bicyclic) bond motifs is 1. The molecule has 0 saturated carbocycles. The van der Waals surface area contributed by atoms with E-state index in [0.29, 0.717) is 32.7 Å². The molecule has 2 aromatic carbocycles. The number of benzene rings is 2. The van der Waals surface area contributed by atoms with Gasteiger partial charge in [0.25, 0.3) is 5.71 Å². The predicted molar refractivity (Wildman–Crippen MR) is 99.5 cm³/mol. The molecule has 0 unspecified atom stereocenters. The van der Waals surface area contributed by atoms with Crippen molar-refractivity contribution in [3.8, 4) is 11.3 Å². The molecule has 0 atom stereocenters. The molecule has 4 aromatic rings. The summed E-state index contributed by atoms with van der Waals surface area (Å²) >= 11 is 12.2. The summed E-state index contributed by atoms with van der Waals surface area (Å²) < 4.78 is 5.35. The van der Waals surface area contributed by atoms with Gasteiger partial charge in [-0.1, -0.05) is 46.6 Å². The third-order valence-electron chi connectivity index (χ3n) is 3.82. The fourth-order valence-corrected chi connectivity index (χ4v) is 2.80. The Morgan fingerprint density at radius 1 is 1.00 bits per heavy atom. The number of anilines is 2. The zero-order valence-electron chi connectivity index (χ0n) is 13.1. The van der Waals surface area contributed by atoms with E-state index in [2.05, 4.69) is 20.4 Å². The number of halogens is 2. The maximum absolute atomic E-state index is 6.20. The Bertz CT molecular complexity index is 1060. The average Bonchev–Trinajstić information content (AvgIpc) is 3.04. The van der Waals surface area contributed by atoms with Gasteiger partial charge in [0.2, 0.25) is 0 Å². The standard InChI is InChI=1S/C18H12Cl2N4O/c1-10-2-7-13(8-14(10)20)23-17-15-16(11-3-5-12(19)6-4-11)24-25-18(15)22-9-21-17/h2-9H,1H3,(H,21,22,23). The Labute approximate surface area is 153 Å². The van der Waals surface area contributed by atoms with Crippen LogP contribution in [0, 0.1) is 6.92 Å². The molecule has 4 rings (SSSR count). The van der Waals surface area contributed by atoms with Crippen molar-refractivity contribution in [3.63, 3.8) is 0 Å². The first kappa shape index (κ1) is 15.9. The molecule has 0 spiro atoms. The lowest BCUT2D eigenvalue weighted by molar-refractivity contribution is 0.451. The van der Waals surface area contributed by atoms with Gasteiger partial charge in [-0.05, 0) is 36.8 Å². The third-order valence-corrected chi connectivity index (χ3v) is 4.48. The summed E-state index contributed by atoms with van der Waals surface area (Å²) in [4.78, 5) is 8.49. The monoisotopic (exact) mass is 370 g/mol. The van der Waals surface area contributed by atoms with E-state index in [0.717, 1.165) is 16.8 Å². The van der Waals surface area contributed by atoms with Gasteiger partial charge in [0.05, 0.1) is 0 Å². The Hall–Kier alpha value is -2.63. The highest BCUT2D eigenvalue weighted by Gasteiger charge is 2.17. The van der Waals surface area contributed by atoms with E-state index >= 15 is 0 Å². The molecule has 0 aliphatic heterocycles. The molecule has 0 bridgehead atoms. The SMILES string of the molecule is Cc1ccc(Nc2ncnc3onc(-c4ccc(Cl)cc4)c23)cc1Cl. The minimum Gasteiger partial charge on any atom is -0.339 e. The zero-order valence-corrected chi connectivity index (χ0v) is 14.6. The second-order valence-electron chi connectivity index (χ2n) is 5.53. The van der Waals surface area contributed by atoms with Gasteiger partial charge in [-0.15, -0.1) is 0 Å². The second kappa shape index (κ2) is 6.35. The number of rotatable bonds is 3. The van der Waals surface area contributed by atoms with Gasteiger partial charge in [0, 0.05) is 21.3 Å². The maximum atomic E-state index is 6.20. The van der Waals surface area contributed by atoms with Crippen LogP contribution in [0.3, 0.4) is 0 Å². The number of nitrogens with zero attached hydrogens (tertiary/aromatic N) is 3. The molecular weight excluding hydrogens is 359 g/mol. The maximum Gasteiger partial charge on any atom is 0.263 e. The van der Waals surface area contributed by atoms with Gasteiger partial charge in [0.1, 0.15) is 23.2 Å². The van der Waals surface area contributed by atoms with Crippen molar-refractivity contribution in [1.29, 1.82) is 0 Å². The molecule has 0 fully saturated rings. The summed E-state index contributed by atoms with van der Waals surface area (Å²) in [6, 6.07) is 13.1. The average molecular weight is 371 g/mol. The molecule has 1 N–H and O–H groups in total. The number of nitrogens with one attached hydrogen (secondary N) is 1. The normalized spacial score (nSPS) is 11.0. The van der Waals surface area contributed by atoms with Crippen molar-refractivity contribution in [2.24, 2.45) is 0 Å². The van der Waals surface area contributed by atoms with E-state index < -0.39 is 0 Å². The number of aromatic nitrogens is 3. The zero-order chi connectivity index (χ0) is 17.4. The van der Waals surface area contributed by atoms with Gasteiger partial charge < -0.3 is 9.84 Å². The number of hydrogen-bond acceptors (Lipinski definition) is 5. The quantitative estimate of drug-likeness (QED) is 0.505. The summed E-state index contributed by atoms with van der Waals surface area (Å²) in [7, 11) is 0. The predicted octanol–water partition coefficient (Wildman–Crippen LogP) is 5.64. The minimum absolute atomic E-state index is 0.403. The van der Waals surface area contributed by atoms with E-state index in [9.17, 15) is 0 Å². The van der Waals surface area contributed by atoms with E-state index in [1.165, 1.54) is 6.33 Å². The summed E-state index contributed by atoms with van der Waals surface area (Å²) in [5, 5.41) is 9.43. The van der Waals surface area contributed by atoms with E-state index in [4.69, 9.17) is 27.7 Å². The van der Waals surface area contributed by atoms with Crippen LogP contribution < -0.4 is 5.32 Å². The summed E-state index contributed by atoms with van der Waals surface area (Å²) in [6.45, 7) is 1.95. The van der Waals surface area contributed by atoms with Gasteiger partial charge in [-0.3, -0.25) is 0 Å². The number of hydrogen-bond donors (Lipinski definition) is 1. The smallest absolute Gasteiger partial charge is 0.263 e. The molecule has 0 aliphatic rings. The van der Waals surface area contributed by atoms with Crippen molar-refractivity contribution < 1.29 is 4.52 Å². The van der Waals surface area contributed by atoms with Crippen LogP contribution in [0.1, 0.15) is 5.56 Å². The van der Waals surface area contributed by atoms with Gasteiger partial charge >= 0.3 is 0 Å². The molecule has 0 saturated heterocycles. The first-order valence-corrected chi connectivity index (χ1v) is 8.27. The molecule has 7 heteroatoms. The highest BCUT2D eigenvalue weighted by Crippen LogP contribution is 2.33. The molecule has 0 radical (unpaired) electrons. The second-order valence-corrected chi connectivity index (χ2v) is 6.37. The Morgan fingerprint density at radius 3 is 2.56 bits per heavy atom. The molecule has 2 heterocycles. The van der Waals surface area contributed by atoms with E-state index in [-0.39, 0.29) is 0 Å². The lowest BCUT2D eigenvalue weighted by Crippen LogP contribution is -1.96. The van der Waals surface area contributed by atoms with Crippen LogP contribution in [0.15, 0.2) is 53.3 Å². The lowest BCUT2D eigenvalue weighted by Gasteiger charge is -2.08. The molecule has 5 nitrogen and oxygen atoms in total. The summed E-state index contributed by atoms with van der Waals surface area (Å²) in [5.74, 6) is 0.594. The fourth-order valence-electron chi connectivity index (χ4n) is 2.49. The number of aryl methyl sites for hydroxylation is 1. The fraction of sp³-hybridized carbons (Fsp3) is 0.0556. The van der Waals surface area contributed by atoms with Crippen LogP contribution in [0.25, 0.3) is 22.4 Å². The van der Waals surface area contributed by atoms with Gasteiger partial charge in [0.15, 0.2) is 0 Å². The van der Waals surface area contributed by atoms with Crippen LogP contribution in [0.5, 0.6) is 0 Å². The highest BCUT2D eigenvalue weighted by molar-refractivity contribution is 6.31. The molecule has 0 amide bonds. The largest absolute Gasteiger partial charge is 0.339 e. The van der Waals surface area contributed by atoms with Crippen LogP contribution in [-0.2, 0) is 0 Å². The third kappa shape index (κ3) is 3.04. The summed E-state index contributed by atoms with van der Waals surface area (Å²) in [6.07, 6.45) is 1.43. The van der Waals surface area contributed by atoms with Crippen LogP contribution in [-0.4, -0.2) is 15.1 Å².